The molecule has 1 unspecified atom stereocenters. The zero-order valence-corrected chi connectivity index (χ0v) is 18.9. The van der Waals surface area contributed by atoms with Gasteiger partial charge in [-0.25, -0.2) is 0 Å². The first kappa shape index (κ1) is 23.6. The lowest BCUT2D eigenvalue weighted by molar-refractivity contribution is -0.114. The van der Waals surface area contributed by atoms with Gasteiger partial charge in [-0.15, -0.1) is 0 Å². The van der Waals surface area contributed by atoms with Crippen molar-refractivity contribution < 1.29 is 14.3 Å². The molecular formula is C27H29N3O3. The zero-order chi connectivity index (χ0) is 23.6. The van der Waals surface area contributed by atoms with E-state index >= 15 is 0 Å². The molecule has 0 fully saturated rings. The van der Waals surface area contributed by atoms with Crippen LogP contribution in [0.2, 0.25) is 0 Å². The van der Waals surface area contributed by atoms with Crippen LogP contribution in [-0.4, -0.2) is 25.0 Å². The lowest BCUT2D eigenvalue weighted by atomic mass is 10.1. The van der Waals surface area contributed by atoms with Gasteiger partial charge in [0, 0.05) is 16.9 Å². The molecule has 6 nitrogen and oxygen atoms in total. The first-order valence-corrected chi connectivity index (χ1v) is 10.8. The van der Waals surface area contributed by atoms with Crippen LogP contribution in [0.3, 0.4) is 0 Å². The molecule has 3 aromatic rings. The molecule has 6 heteroatoms. The molecule has 0 aliphatic heterocycles. The normalized spacial score (nSPS) is 11.2. The van der Waals surface area contributed by atoms with E-state index in [2.05, 4.69) is 22.5 Å². The van der Waals surface area contributed by atoms with Gasteiger partial charge in [0.25, 0.3) is 5.91 Å². The van der Waals surface area contributed by atoms with E-state index in [0.717, 1.165) is 22.6 Å². The maximum atomic E-state index is 12.5. The monoisotopic (exact) mass is 443 g/mol. The Morgan fingerprint density at radius 2 is 1.55 bits per heavy atom. The second-order valence-electron chi connectivity index (χ2n) is 7.86. The van der Waals surface area contributed by atoms with Crippen molar-refractivity contribution >= 4 is 23.2 Å². The first-order valence-electron chi connectivity index (χ1n) is 10.8. The maximum Gasteiger partial charge on any atom is 0.251 e. The van der Waals surface area contributed by atoms with E-state index in [9.17, 15) is 9.59 Å². The van der Waals surface area contributed by atoms with Gasteiger partial charge in [-0.1, -0.05) is 36.9 Å². The Bertz CT molecular complexity index is 1080. The number of nitrogens with one attached hydrogen (secondary N) is 3. The molecule has 1 atom stereocenters. The molecule has 3 aromatic carbocycles. The van der Waals surface area contributed by atoms with Crippen LogP contribution in [0.25, 0.3) is 0 Å². The van der Waals surface area contributed by atoms with Gasteiger partial charge in [-0.3, -0.25) is 9.59 Å². The van der Waals surface area contributed by atoms with Gasteiger partial charge in [0.1, 0.15) is 12.4 Å². The molecule has 0 saturated carbocycles. The largest absolute Gasteiger partial charge is 0.489 e. The van der Waals surface area contributed by atoms with Gasteiger partial charge >= 0.3 is 0 Å². The fraction of sp³-hybridized carbons (Fsp3) is 0.185. The highest BCUT2D eigenvalue weighted by molar-refractivity contribution is 5.95. The van der Waals surface area contributed by atoms with Gasteiger partial charge < -0.3 is 20.7 Å². The minimum atomic E-state index is -0.177. The summed E-state index contributed by atoms with van der Waals surface area (Å²) in [7, 11) is 0. The molecule has 0 bridgehead atoms. The lowest BCUT2D eigenvalue weighted by Crippen LogP contribution is -2.26. The quantitative estimate of drug-likeness (QED) is 0.377. The Labute approximate surface area is 194 Å². The first-order chi connectivity index (χ1) is 15.9. The average Bonchev–Trinajstić information content (AvgIpc) is 2.83. The summed E-state index contributed by atoms with van der Waals surface area (Å²) in [5, 5.41) is 8.89. The van der Waals surface area contributed by atoms with Crippen molar-refractivity contribution in [2.24, 2.45) is 0 Å². The van der Waals surface area contributed by atoms with Gasteiger partial charge in [0.15, 0.2) is 0 Å². The smallest absolute Gasteiger partial charge is 0.251 e. The minimum absolute atomic E-state index is 0.0908. The summed E-state index contributed by atoms with van der Waals surface area (Å²) in [6, 6.07) is 23.9. The number of rotatable bonds is 10. The Balaban J connectivity index is 1.45. The average molecular weight is 444 g/mol. The molecule has 2 amide bonds. The van der Waals surface area contributed by atoms with Crippen molar-refractivity contribution in [3.05, 3.63) is 102 Å². The molecule has 33 heavy (non-hydrogen) atoms. The summed E-state index contributed by atoms with van der Waals surface area (Å²) in [6.45, 7) is 8.21. The number of benzene rings is 3. The predicted octanol–water partition coefficient (Wildman–Crippen LogP) is 5.18. The van der Waals surface area contributed by atoms with Crippen LogP contribution in [-0.2, 0) is 4.79 Å². The molecule has 0 aliphatic carbocycles. The number of hydrogen-bond donors (Lipinski definition) is 3. The van der Waals surface area contributed by atoms with Gasteiger partial charge in [-0.2, -0.15) is 0 Å². The van der Waals surface area contributed by atoms with Crippen LogP contribution in [0.15, 0.2) is 91.0 Å². The summed E-state index contributed by atoms with van der Waals surface area (Å²) in [5.74, 6) is 0.395. The van der Waals surface area contributed by atoms with Crippen molar-refractivity contribution in [2.75, 3.05) is 23.8 Å². The molecule has 3 N–H and O–H groups in total. The van der Waals surface area contributed by atoms with Crippen molar-refractivity contribution in [1.29, 1.82) is 0 Å². The van der Waals surface area contributed by atoms with Crippen molar-refractivity contribution in [3.63, 3.8) is 0 Å². The molecular weight excluding hydrogens is 414 g/mol. The van der Waals surface area contributed by atoms with Crippen LogP contribution in [0.1, 0.15) is 35.8 Å². The fourth-order valence-corrected chi connectivity index (χ4v) is 3.07. The molecule has 0 spiro atoms. The SMILES string of the molecule is C=C(C)COc1ccc(NC(=O)CNc2ccc(C(=O)NC(C)c3ccccc3)cc2)cc1. The van der Waals surface area contributed by atoms with Crippen LogP contribution in [0, 0.1) is 0 Å². The molecule has 0 saturated heterocycles. The molecule has 0 aliphatic rings. The number of anilines is 2. The van der Waals surface area contributed by atoms with Crippen LogP contribution in [0.5, 0.6) is 5.75 Å². The topological polar surface area (TPSA) is 79.5 Å². The van der Waals surface area contributed by atoms with E-state index < -0.39 is 0 Å². The second-order valence-corrected chi connectivity index (χ2v) is 7.86. The maximum absolute atomic E-state index is 12.5. The Morgan fingerprint density at radius 3 is 2.18 bits per heavy atom. The lowest BCUT2D eigenvalue weighted by Gasteiger charge is -2.14. The fourth-order valence-electron chi connectivity index (χ4n) is 3.07. The van der Waals surface area contributed by atoms with Crippen molar-refractivity contribution in [2.45, 2.75) is 19.9 Å². The van der Waals surface area contributed by atoms with Crippen LogP contribution in [0.4, 0.5) is 11.4 Å². The van der Waals surface area contributed by atoms with E-state index in [0.29, 0.717) is 17.9 Å². The van der Waals surface area contributed by atoms with E-state index in [1.54, 1.807) is 48.5 Å². The van der Waals surface area contributed by atoms with Crippen molar-refractivity contribution in [3.8, 4) is 5.75 Å². The molecule has 0 radical (unpaired) electrons. The number of carbonyl (C=O) groups excluding carboxylic acids is 2. The second kappa shape index (κ2) is 11.5. The Kier molecular flexibility index (Phi) is 8.24. The van der Waals surface area contributed by atoms with E-state index in [-0.39, 0.29) is 24.4 Å². The predicted molar refractivity (Wildman–Crippen MR) is 133 cm³/mol. The Hall–Kier alpha value is -4.06. The number of amides is 2. The summed E-state index contributed by atoms with van der Waals surface area (Å²) in [4.78, 5) is 24.7. The van der Waals surface area contributed by atoms with Gasteiger partial charge in [-0.05, 0) is 73.5 Å². The standard InChI is InChI=1S/C27H29N3O3/c1-19(2)18-33-25-15-13-24(14-16-25)30-26(31)17-28-23-11-9-22(10-12-23)27(32)29-20(3)21-7-5-4-6-8-21/h4-16,20,28H,1,17-18H2,2-3H3,(H,29,32)(H,30,31). The third kappa shape index (κ3) is 7.54. The molecule has 170 valence electrons. The van der Waals surface area contributed by atoms with E-state index in [1.165, 1.54) is 0 Å². The van der Waals surface area contributed by atoms with E-state index in [4.69, 9.17) is 4.74 Å². The summed E-state index contributed by atoms with van der Waals surface area (Å²) >= 11 is 0. The highest BCUT2D eigenvalue weighted by atomic mass is 16.5. The van der Waals surface area contributed by atoms with Crippen molar-refractivity contribution in [1.82, 2.24) is 5.32 Å². The summed E-state index contributed by atoms with van der Waals surface area (Å²) < 4.78 is 5.55. The van der Waals surface area contributed by atoms with Gasteiger partial charge in [0.05, 0.1) is 12.6 Å². The zero-order valence-electron chi connectivity index (χ0n) is 18.9. The highest BCUT2D eigenvalue weighted by Gasteiger charge is 2.11. The van der Waals surface area contributed by atoms with E-state index in [1.807, 2.05) is 44.2 Å². The summed E-state index contributed by atoms with van der Waals surface area (Å²) in [5.41, 5.74) is 3.98. The highest BCUT2D eigenvalue weighted by Crippen LogP contribution is 2.17. The van der Waals surface area contributed by atoms with Crippen LogP contribution >= 0.6 is 0 Å². The number of carbonyl (C=O) groups is 2. The summed E-state index contributed by atoms with van der Waals surface area (Å²) in [6.07, 6.45) is 0. The third-order valence-electron chi connectivity index (χ3n) is 4.87. The minimum Gasteiger partial charge on any atom is -0.489 e. The number of hydrogen-bond acceptors (Lipinski definition) is 4. The van der Waals surface area contributed by atoms with Crippen LogP contribution < -0.4 is 20.7 Å². The molecule has 0 heterocycles. The third-order valence-corrected chi connectivity index (χ3v) is 4.87. The molecule has 0 aromatic heterocycles. The number of ether oxygens (including phenoxy) is 1. The molecule has 3 rings (SSSR count). The van der Waals surface area contributed by atoms with Gasteiger partial charge in [0.2, 0.25) is 5.91 Å². The Morgan fingerprint density at radius 1 is 0.909 bits per heavy atom.